The maximum atomic E-state index is 12.9. The molecule has 6 heteroatoms. The lowest BCUT2D eigenvalue weighted by molar-refractivity contribution is -0.131. The molecule has 142 valence electrons. The number of carbonyl (C=O) groups excluding carboxylic acids is 2. The molecule has 0 unspecified atom stereocenters. The van der Waals surface area contributed by atoms with Gasteiger partial charge in [0.2, 0.25) is 11.8 Å². The summed E-state index contributed by atoms with van der Waals surface area (Å²) in [6, 6.07) is 10.9. The molecule has 0 radical (unpaired) electrons. The van der Waals surface area contributed by atoms with Crippen molar-refractivity contribution in [1.29, 1.82) is 0 Å². The Morgan fingerprint density at radius 2 is 1.85 bits per heavy atom. The van der Waals surface area contributed by atoms with E-state index in [2.05, 4.69) is 10.6 Å². The Morgan fingerprint density at radius 1 is 1.15 bits per heavy atom. The molecule has 2 aromatic rings. The lowest BCUT2D eigenvalue weighted by Crippen LogP contribution is -2.36. The Balaban J connectivity index is 1.80. The zero-order chi connectivity index (χ0) is 19.6. The van der Waals surface area contributed by atoms with Crippen LogP contribution in [0, 0.1) is 12.3 Å². The molecule has 2 amide bonds. The Bertz CT molecular complexity index is 891. The number of nitrogens with one attached hydrogen (secondary N) is 2. The molecule has 5 nitrogen and oxygen atoms in total. The van der Waals surface area contributed by atoms with Gasteiger partial charge in [-0.25, -0.2) is 0 Å². The number of benzene rings is 2. The average Bonchev–Trinajstić information content (AvgIpc) is 3.45. The zero-order valence-corrected chi connectivity index (χ0v) is 16.4. The maximum Gasteiger partial charge on any atom is 0.240 e. The molecule has 1 fully saturated rings. The van der Waals surface area contributed by atoms with Crippen molar-refractivity contribution < 1.29 is 14.3 Å². The molecule has 1 aliphatic rings. The molecule has 0 heterocycles. The van der Waals surface area contributed by atoms with E-state index in [0.717, 1.165) is 23.2 Å². The molecule has 0 atom stereocenters. The molecule has 0 bridgehead atoms. The van der Waals surface area contributed by atoms with Crippen LogP contribution in [0.25, 0.3) is 0 Å². The number of para-hydroxylation sites is 1. The number of amides is 2. The zero-order valence-electron chi connectivity index (χ0n) is 15.7. The van der Waals surface area contributed by atoms with Crippen molar-refractivity contribution in [2.24, 2.45) is 5.41 Å². The fourth-order valence-corrected chi connectivity index (χ4v) is 3.31. The van der Waals surface area contributed by atoms with Gasteiger partial charge in [0.05, 0.1) is 12.8 Å². The summed E-state index contributed by atoms with van der Waals surface area (Å²) in [5.41, 5.74) is 2.23. The largest absolute Gasteiger partial charge is 0.495 e. The highest BCUT2D eigenvalue weighted by Gasteiger charge is 2.56. The highest BCUT2D eigenvalue weighted by atomic mass is 35.5. The third-order valence-corrected chi connectivity index (χ3v) is 5.24. The number of carbonyl (C=O) groups is 2. The number of hydrogen-bond donors (Lipinski definition) is 2. The van der Waals surface area contributed by atoms with E-state index in [1.807, 2.05) is 32.0 Å². The molecule has 0 spiro atoms. The third kappa shape index (κ3) is 3.78. The number of anilines is 2. The van der Waals surface area contributed by atoms with E-state index < -0.39 is 5.41 Å². The number of halogens is 1. The summed E-state index contributed by atoms with van der Waals surface area (Å²) in [7, 11) is 1.52. The van der Waals surface area contributed by atoms with Crippen molar-refractivity contribution >= 4 is 34.8 Å². The second kappa shape index (κ2) is 7.61. The third-order valence-electron chi connectivity index (χ3n) is 5.01. The van der Waals surface area contributed by atoms with Crippen LogP contribution in [0.3, 0.4) is 0 Å². The first kappa shape index (κ1) is 19.2. The van der Waals surface area contributed by atoms with Crippen LogP contribution >= 0.6 is 11.6 Å². The molecule has 2 N–H and O–H groups in total. The minimum Gasteiger partial charge on any atom is -0.495 e. The molecule has 0 aliphatic heterocycles. The van der Waals surface area contributed by atoms with Gasteiger partial charge < -0.3 is 15.4 Å². The number of aryl methyl sites for hydroxylation is 2. The Morgan fingerprint density at radius 3 is 2.48 bits per heavy atom. The van der Waals surface area contributed by atoms with Gasteiger partial charge in [0.25, 0.3) is 0 Å². The van der Waals surface area contributed by atoms with Gasteiger partial charge in [0, 0.05) is 10.7 Å². The number of hydrogen-bond acceptors (Lipinski definition) is 3. The van der Waals surface area contributed by atoms with Gasteiger partial charge in [-0.2, -0.15) is 0 Å². The van der Waals surface area contributed by atoms with Crippen molar-refractivity contribution in [3.63, 3.8) is 0 Å². The van der Waals surface area contributed by atoms with Crippen LogP contribution in [-0.2, 0) is 16.0 Å². The van der Waals surface area contributed by atoms with Crippen molar-refractivity contribution in [3.05, 3.63) is 52.5 Å². The number of methoxy groups -OCH3 is 1. The van der Waals surface area contributed by atoms with E-state index in [1.54, 1.807) is 18.2 Å². The molecule has 1 aliphatic carbocycles. The van der Waals surface area contributed by atoms with Gasteiger partial charge in [0.1, 0.15) is 11.2 Å². The van der Waals surface area contributed by atoms with Crippen LogP contribution < -0.4 is 15.4 Å². The van der Waals surface area contributed by atoms with Gasteiger partial charge in [-0.1, -0.05) is 36.7 Å². The average molecular weight is 387 g/mol. The van der Waals surface area contributed by atoms with Crippen LogP contribution in [0.2, 0.25) is 5.02 Å². The van der Waals surface area contributed by atoms with Crippen LogP contribution in [-0.4, -0.2) is 18.9 Å². The van der Waals surface area contributed by atoms with Crippen LogP contribution in [0.5, 0.6) is 5.75 Å². The second-order valence-corrected chi connectivity index (χ2v) is 7.23. The highest BCUT2D eigenvalue weighted by Crippen LogP contribution is 2.48. The monoisotopic (exact) mass is 386 g/mol. The summed E-state index contributed by atoms with van der Waals surface area (Å²) in [5, 5.41) is 6.27. The summed E-state index contributed by atoms with van der Waals surface area (Å²) >= 11 is 6.02. The predicted octanol–water partition coefficient (Wildman–Crippen LogP) is 4.58. The minimum absolute atomic E-state index is 0.273. The van der Waals surface area contributed by atoms with Crippen LogP contribution in [0.15, 0.2) is 36.4 Å². The summed E-state index contributed by atoms with van der Waals surface area (Å²) < 4.78 is 5.26. The standard InChI is InChI=1S/C21H23ClN2O3/c1-4-14-7-5-6-13(2)18(14)24-20(26)21(10-11-21)19(25)23-16-12-15(22)8-9-17(16)27-3/h5-9,12H,4,10-11H2,1-3H3,(H,23,25)(H,24,26). The van der Waals surface area contributed by atoms with Crippen molar-refractivity contribution in [2.45, 2.75) is 33.1 Å². The quantitative estimate of drug-likeness (QED) is 0.714. The summed E-state index contributed by atoms with van der Waals surface area (Å²) in [6.45, 7) is 3.99. The topological polar surface area (TPSA) is 67.4 Å². The van der Waals surface area contributed by atoms with Crippen molar-refractivity contribution in [1.82, 2.24) is 0 Å². The molecule has 3 rings (SSSR count). The van der Waals surface area contributed by atoms with Gasteiger partial charge in [-0.3, -0.25) is 9.59 Å². The summed E-state index contributed by atoms with van der Waals surface area (Å²) in [5.74, 6) is -0.117. The minimum atomic E-state index is -1.05. The van der Waals surface area contributed by atoms with E-state index >= 15 is 0 Å². The SMILES string of the molecule is CCc1cccc(C)c1NC(=O)C1(C(=O)Nc2cc(Cl)ccc2OC)CC1. The van der Waals surface area contributed by atoms with Gasteiger partial charge in [0.15, 0.2) is 0 Å². The van der Waals surface area contributed by atoms with Gasteiger partial charge in [-0.15, -0.1) is 0 Å². The Kier molecular flexibility index (Phi) is 5.42. The smallest absolute Gasteiger partial charge is 0.240 e. The molecular formula is C21H23ClN2O3. The second-order valence-electron chi connectivity index (χ2n) is 6.80. The fraction of sp³-hybridized carbons (Fsp3) is 0.333. The fourth-order valence-electron chi connectivity index (χ4n) is 3.14. The summed E-state index contributed by atoms with van der Waals surface area (Å²) in [6.07, 6.45) is 1.83. The molecule has 27 heavy (non-hydrogen) atoms. The van der Waals surface area contributed by atoms with E-state index in [0.29, 0.717) is 29.3 Å². The first-order chi connectivity index (χ1) is 12.9. The molecule has 1 saturated carbocycles. The highest BCUT2D eigenvalue weighted by molar-refractivity contribution is 6.31. The predicted molar refractivity (Wildman–Crippen MR) is 107 cm³/mol. The van der Waals surface area contributed by atoms with Crippen molar-refractivity contribution in [3.8, 4) is 5.75 Å². The normalized spacial score (nSPS) is 14.4. The molecule has 2 aromatic carbocycles. The van der Waals surface area contributed by atoms with Gasteiger partial charge in [-0.05, 0) is 55.5 Å². The van der Waals surface area contributed by atoms with Crippen LogP contribution in [0.4, 0.5) is 11.4 Å². The lowest BCUT2D eigenvalue weighted by atomic mass is 10.0. The summed E-state index contributed by atoms with van der Waals surface area (Å²) in [4.78, 5) is 25.8. The van der Waals surface area contributed by atoms with E-state index in [-0.39, 0.29) is 11.8 Å². The van der Waals surface area contributed by atoms with E-state index in [4.69, 9.17) is 16.3 Å². The number of rotatable bonds is 6. The molecule has 0 aromatic heterocycles. The molecule has 0 saturated heterocycles. The van der Waals surface area contributed by atoms with Crippen molar-refractivity contribution in [2.75, 3.05) is 17.7 Å². The Hall–Kier alpha value is -2.53. The van der Waals surface area contributed by atoms with E-state index in [9.17, 15) is 9.59 Å². The molecular weight excluding hydrogens is 364 g/mol. The van der Waals surface area contributed by atoms with E-state index in [1.165, 1.54) is 7.11 Å². The van der Waals surface area contributed by atoms with Gasteiger partial charge >= 0.3 is 0 Å². The first-order valence-corrected chi connectivity index (χ1v) is 9.34. The first-order valence-electron chi connectivity index (χ1n) is 8.96. The Labute approximate surface area is 164 Å². The maximum absolute atomic E-state index is 12.9. The lowest BCUT2D eigenvalue weighted by Gasteiger charge is -2.19. The number of ether oxygens (including phenoxy) is 1. The van der Waals surface area contributed by atoms with Crippen LogP contribution in [0.1, 0.15) is 30.9 Å².